The van der Waals surface area contributed by atoms with Crippen LogP contribution in [-0.4, -0.2) is 5.34 Å². The summed E-state index contributed by atoms with van der Waals surface area (Å²) < 4.78 is 4.91. The smallest absolute Gasteiger partial charge is 0.336 e. The Kier molecular flexibility index (Phi) is 4.50. The molecule has 2 rings (SSSR count). The monoisotopic (exact) mass is 230 g/mol. The van der Waals surface area contributed by atoms with E-state index in [1.54, 1.807) is 12.1 Å². The highest BCUT2D eigenvalue weighted by Crippen LogP contribution is 2.08. The average Bonchev–Trinajstić information content (AvgIpc) is 2.19. The summed E-state index contributed by atoms with van der Waals surface area (Å²) in [7, 11) is 0. The Bertz CT molecular complexity index is 451. The van der Waals surface area contributed by atoms with Gasteiger partial charge in [-0.25, -0.2) is 4.79 Å². The molecule has 0 radical (unpaired) electrons. The van der Waals surface area contributed by atoms with Gasteiger partial charge in [-0.1, -0.05) is 18.2 Å². The summed E-state index contributed by atoms with van der Waals surface area (Å²) in [6.45, 7) is 0. The van der Waals surface area contributed by atoms with Gasteiger partial charge < -0.3 is 4.42 Å². The van der Waals surface area contributed by atoms with E-state index < -0.39 is 0 Å². The van der Waals surface area contributed by atoms with Gasteiger partial charge in [-0.2, -0.15) is 0 Å². The second-order valence-corrected chi connectivity index (χ2v) is 3.20. The molecule has 0 fully saturated rings. The van der Waals surface area contributed by atoms with Crippen molar-refractivity contribution in [1.29, 1.82) is 0 Å². The van der Waals surface area contributed by atoms with Crippen molar-refractivity contribution in [3.8, 4) is 0 Å². The van der Waals surface area contributed by atoms with Crippen molar-refractivity contribution in [2.75, 3.05) is 5.34 Å². The lowest BCUT2D eigenvalue weighted by molar-refractivity contribution is 0.561. The first kappa shape index (κ1) is 11.1. The quantitative estimate of drug-likeness (QED) is 0.514. The summed E-state index contributed by atoms with van der Waals surface area (Å²) in [5.74, 6) is 0. The Balaban J connectivity index is 0.000000293. The van der Waals surface area contributed by atoms with Crippen LogP contribution < -0.4 is 5.63 Å². The summed E-state index contributed by atoms with van der Waals surface area (Å²) >= 11 is 9.53. The predicted molar refractivity (Wildman–Crippen MR) is 59.1 cm³/mol. The number of halogens is 2. The molecule has 0 saturated carbocycles. The van der Waals surface area contributed by atoms with Crippen LogP contribution >= 0.6 is 23.2 Å². The molecule has 0 spiro atoms. The fourth-order valence-electron chi connectivity index (χ4n) is 1.01. The molecule has 0 saturated heterocycles. The number of fused-ring (bicyclic) bond motifs is 1. The van der Waals surface area contributed by atoms with E-state index in [1.807, 2.05) is 18.2 Å². The zero-order valence-electron chi connectivity index (χ0n) is 7.24. The van der Waals surface area contributed by atoms with Crippen molar-refractivity contribution in [2.24, 2.45) is 0 Å². The van der Waals surface area contributed by atoms with E-state index in [0.717, 1.165) is 5.39 Å². The van der Waals surface area contributed by atoms with E-state index >= 15 is 0 Å². The van der Waals surface area contributed by atoms with Gasteiger partial charge in [0.25, 0.3) is 0 Å². The molecule has 1 aromatic carbocycles. The topological polar surface area (TPSA) is 30.2 Å². The highest BCUT2D eigenvalue weighted by molar-refractivity contribution is 6.40. The van der Waals surface area contributed by atoms with E-state index in [4.69, 9.17) is 27.6 Å². The molecule has 14 heavy (non-hydrogen) atoms. The molecule has 0 N–H and O–H groups in total. The van der Waals surface area contributed by atoms with Gasteiger partial charge in [0.2, 0.25) is 0 Å². The molecule has 2 aromatic rings. The first-order valence-corrected chi connectivity index (χ1v) is 4.95. The number of hydrogen-bond acceptors (Lipinski definition) is 2. The lowest BCUT2D eigenvalue weighted by atomic mass is 10.2. The van der Waals surface area contributed by atoms with Crippen molar-refractivity contribution in [1.82, 2.24) is 0 Å². The molecule has 0 atom stereocenters. The third kappa shape index (κ3) is 3.05. The molecule has 0 aliphatic rings. The van der Waals surface area contributed by atoms with Crippen molar-refractivity contribution in [3.05, 3.63) is 46.8 Å². The molecular formula is C10H8Cl2O2. The van der Waals surface area contributed by atoms with Gasteiger partial charge in [0.1, 0.15) is 5.58 Å². The van der Waals surface area contributed by atoms with E-state index in [0.29, 0.717) is 5.58 Å². The fraction of sp³-hybridized carbons (Fsp3) is 0.100. The maximum Gasteiger partial charge on any atom is 0.336 e. The largest absolute Gasteiger partial charge is 0.423 e. The van der Waals surface area contributed by atoms with Gasteiger partial charge in [-0.15, -0.1) is 23.2 Å². The third-order valence-electron chi connectivity index (χ3n) is 1.53. The van der Waals surface area contributed by atoms with Gasteiger partial charge in [0.05, 0.1) is 5.34 Å². The Morgan fingerprint density at radius 2 is 1.71 bits per heavy atom. The standard InChI is InChI=1S/C9H6O2.CH2Cl2/c10-9-6-5-7-3-1-2-4-8(7)11-9;2-1-3/h1-6H;1H2. The zero-order chi connectivity index (χ0) is 10.4. The Morgan fingerprint density at radius 1 is 1.07 bits per heavy atom. The highest BCUT2D eigenvalue weighted by Gasteiger charge is 1.92. The molecule has 0 amide bonds. The minimum absolute atomic E-state index is 0.194. The minimum Gasteiger partial charge on any atom is -0.423 e. The second kappa shape index (κ2) is 5.68. The van der Waals surface area contributed by atoms with Gasteiger partial charge in [-0.05, 0) is 12.1 Å². The lowest BCUT2D eigenvalue weighted by Gasteiger charge is -1.91. The van der Waals surface area contributed by atoms with Gasteiger partial charge in [-0.3, -0.25) is 0 Å². The summed E-state index contributed by atoms with van der Waals surface area (Å²) in [5, 5.41) is 1.15. The molecule has 1 aromatic heterocycles. The highest BCUT2D eigenvalue weighted by atomic mass is 35.5. The van der Waals surface area contributed by atoms with E-state index in [-0.39, 0.29) is 11.0 Å². The van der Waals surface area contributed by atoms with Crippen molar-refractivity contribution >= 4 is 34.2 Å². The third-order valence-corrected chi connectivity index (χ3v) is 1.53. The predicted octanol–water partition coefficient (Wildman–Crippen LogP) is 3.21. The van der Waals surface area contributed by atoms with Gasteiger partial charge >= 0.3 is 5.63 Å². The molecule has 2 nitrogen and oxygen atoms in total. The first-order chi connectivity index (χ1) is 6.77. The zero-order valence-corrected chi connectivity index (χ0v) is 8.76. The maximum absolute atomic E-state index is 10.7. The number of hydrogen-bond donors (Lipinski definition) is 0. The van der Waals surface area contributed by atoms with Crippen LogP contribution in [0.1, 0.15) is 0 Å². The van der Waals surface area contributed by atoms with Crippen LogP contribution in [0, 0.1) is 0 Å². The summed E-state index contributed by atoms with van der Waals surface area (Å²) in [5.41, 5.74) is 0.337. The van der Waals surface area contributed by atoms with Gasteiger partial charge in [0.15, 0.2) is 0 Å². The summed E-state index contributed by atoms with van der Waals surface area (Å²) in [4.78, 5) is 10.7. The molecule has 0 aliphatic heterocycles. The number of benzene rings is 1. The molecule has 4 heteroatoms. The molecule has 0 unspecified atom stereocenters. The van der Waals surface area contributed by atoms with Crippen LogP contribution in [0.3, 0.4) is 0 Å². The first-order valence-electron chi connectivity index (χ1n) is 3.88. The fourth-order valence-corrected chi connectivity index (χ4v) is 1.01. The van der Waals surface area contributed by atoms with Gasteiger partial charge in [0, 0.05) is 11.5 Å². The number of para-hydroxylation sites is 1. The minimum atomic E-state index is -0.302. The second-order valence-electron chi connectivity index (χ2n) is 2.39. The van der Waals surface area contributed by atoms with Crippen LogP contribution in [0.5, 0.6) is 0 Å². The Hall–Kier alpha value is -0.990. The van der Waals surface area contributed by atoms with E-state index in [2.05, 4.69) is 0 Å². The number of alkyl halides is 2. The van der Waals surface area contributed by atoms with Crippen molar-refractivity contribution < 1.29 is 4.42 Å². The van der Waals surface area contributed by atoms with E-state index in [1.165, 1.54) is 6.07 Å². The lowest BCUT2D eigenvalue weighted by Crippen LogP contribution is -1.93. The molecule has 1 heterocycles. The van der Waals surface area contributed by atoms with E-state index in [9.17, 15) is 4.79 Å². The maximum atomic E-state index is 10.7. The van der Waals surface area contributed by atoms with Crippen LogP contribution in [0.25, 0.3) is 11.0 Å². The average molecular weight is 231 g/mol. The Labute approximate surface area is 91.1 Å². The summed E-state index contributed by atoms with van der Waals surface area (Å²) in [6.07, 6.45) is 0. The Morgan fingerprint density at radius 3 is 2.43 bits per heavy atom. The van der Waals surface area contributed by atoms with Crippen LogP contribution in [-0.2, 0) is 0 Å². The molecule has 0 aliphatic carbocycles. The molecular weight excluding hydrogens is 223 g/mol. The van der Waals surface area contributed by atoms with Crippen LogP contribution in [0.15, 0.2) is 45.6 Å². The molecule has 74 valence electrons. The van der Waals surface area contributed by atoms with Crippen molar-refractivity contribution in [3.63, 3.8) is 0 Å². The normalized spacial score (nSPS) is 9.29. The van der Waals surface area contributed by atoms with Crippen molar-refractivity contribution in [2.45, 2.75) is 0 Å². The SMILES string of the molecule is ClCCl.O=c1ccc2ccccc2o1. The number of rotatable bonds is 0. The summed E-state index contributed by atoms with van der Waals surface area (Å²) in [6, 6.07) is 10.6. The molecule has 0 bridgehead atoms. The van der Waals surface area contributed by atoms with Crippen LogP contribution in [0.2, 0.25) is 0 Å². The van der Waals surface area contributed by atoms with Crippen LogP contribution in [0.4, 0.5) is 0 Å².